The van der Waals surface area contributed by atoms with Gasteiger partial charge in [0.25, 0.3) is 0 Å². The number of nitrogens with one attached hydrogen (secondary N) is 2. The third-order valence-corrected chi connectivity index (χ3v) is 2.93. The maximum atomic E-state index is 4.70. The first-order chi connectivity index (χ1) is 9.54. The molecule has 2 heterocycles. The molecule has 3 nitrogen and oxygen atoms in total. The van der Waals surface area contributed by atoms with Crippen molar-refractivity contribution in [2.45, 2.75) is 53.0 Å². The van der Waals surface area contributed by atoms with Crippen LogP contribution in [0.2, 0.25) is 0 Å². The molecule has 1 aromatic rings. The van der Waals surface area contributed by atoms with Gasteiger partial charge in [0.15, 0.2) is 0 Å². The Hall–Kier alpha value is -1.35. The predicted octanol–water partition coefficient (Wildman–Crippen LogP) is 3.37. The van der Waals surface area contributed by atoms with Gasteiger partial charge in [-0.2, -0.15) is 0 Å². The zero-order valence-corrected chi connectivity index (χ0v) is 13.6. The van der Waals surface area contributed by atoms with Gasteiger partial charge in [-0.05, 0) is 39.3 Å². The molecule has 0 aromatic carbocycles. The summed E-state index contributed by atoms with van der Waals surface area (Å²) in [4.78, 5) is 4.70. The van der Waals surface area contributed by atoms with E-state index in [2.05, 4.69) is 55.7 Å². The first-order valence-corrected chi connectivity index (χ1v) is 7.70. The monoisotopic (exact) mass is 275 g/mol. The number of nitrogens with zero attached hydrogens (tertiary/aromatic N) is 1. The van der Waals surface area contributed by atoms with Crippen LogP contribution in [0.25, 0.3) is 5.70 Å². The quantitative estimate of drug-likeness (QED) is 0.884. The molecule has 0 amide bonds. The van der Waals surface area contributed by atoms with Crippen LogP contribution in [0.3, 0.4) is 0 Å². The molecule has 2 N–H and O–H groups in total. The lowest BCUT2D eigenvalue weighted by molar-refractivity contribution is 0.428. The summed E-state index contributed by atoms with van der Waals surface area (Å²) in [5.74, 6) is 0. The Morgan fingerprint density at radius 3 is 2.60 bits per heavy atom. The molecule has 0 fully saturated rings. The van der Waals surface area contributed by atoms with Crippen molar-refractivity contribution >= 4 is 5.70 Å². The van der Waals surface area contributed by atoms with Crippen LogP contribution in [-0.2, 0) is 6.42 Å². The third-order valence-electron chi connectivity index (χ3n) is 2.93. The topological polar surface area (TPSA) is 37.0 Å². The van der Waals surface area contributed by atoms with E-state index < -0.39 is 0 Å². The fourth-order valence-corrected chi connectivity index (χ4v) is 2.03. The van der Waals surface area contributed by atoms with Gasteiger partial charge in [-0.25, -0.2) is 0 Å². The molecule has 0 radical (unpaired) electrons. The largest absolute Gasteiger partial charge is 0.383 e. The van der Waals surface area contributed by atoms with E-state index in [1.54, 1.807) is 0 Å². The predicted molar refractivity (Wildman–Crippen MR) is 87.6 cm³/mol. The number of hydrogen-bond donors (Lipinski definition) is 2. The Kier molecular flexibility index (Phi) is 6.73. The Labute approximate surface area is 123 Å². The molecule has 2 rings (SSSR count). The lowest BCUT2D eigenvalue weighted by Crippen LogP contribution is -2.37. The Morgan fingerprint density at radius 2 is 2.00 bits per heavy atom. The van der Waals surface area contributed by atoms with Crippen molar-refractivity contribution in [3.05, 3.63) is 35.7 Å². The fourth-order valence-electron chi connectivity index (χ4n) is 2.03. The van der Waals surface area contributed by atoms with Gasteiger partial charge < -0.3 is 10.6 Å². The van der Waals surface area contributed by atoms with E-state index in [1.165, 1.54) is 5.70 Å². The van der Waals surface area contributed by atoms with Crippen molar-refractivity contribution in [3.63, 3.8) is 0 Å². The van der Waals surface area contributed by atoms with E-state index in [9.17, 15) is 0 Å². The number of rotatable bonds is 4. The summed E-state index contributed by atoms with van der Waals surface area (Å²) in [6, 6.07) is 6.27. The molecule has 20 heavy (non-hydrogen) atoms. The minimum Gasteiger partial charge on any atom is -0.383 e. The lowest BCUT2D eigenvalue weighted by atomic mass is 10.1. The maximum absolute atomic E-state index is 4.70. The molecule has 0 bridgehead atoms. The second-order valence-corrected chi connectivity index (χ2v) is 5.77. The highest BCUT2D eigenvalue weighted by atomic mass is 14.9. The van der Waals surface area contributed by atoms with Crippen LogP contribution in [0.1, 0.15) is 52.4 Å². The second kappa shape index (κ2) is 8.05. The standard InChI is InChI=1S/C15H23N3.C2H6/c1-15(2,3)17-11-9-12-6-4-7-14(18-12)13-8-5-10-16-13;1-2/h4,6-8,16-17H,5,9-11H2,1-3H3;1-2H3. The van der Waals surface area contributed by atoms with Crippen LogP contribution in [-0.4, -0.2) is 23.6 Å². The Bertz CT molecular complexity index is 430. The van der Waals surface area contributed by atoms with Gasteiger partial charge in [0.1, 0.15) is 0 Å². The smallest absolute Gasteiger partial charge is 0.0860 e. The summed E-state index contributed by atoms with van der Waals surface area (Å²) in [6.07, 6.45) is 4.30. The molecule has 1 aliphatic rings. The average Bonchev–Trinajstić information content (AvgIpc) is 2.94. The van der Waals surface area contributed by atoms with Gasteiger partial charge in [0.05, 0.1) is 11.4 Å². The van der Waals surface area contributed by atoms with E-state index in [0.29, 0.717) is 0 Å². The highest BCUT2D eigenvalue weighted by molar-refractivity contribution is 5.62. The molecule has 0 saturated heterocycles. The first-order valence-electron chi connectivity index (χ1n) is 7.70. The van der Waals surface area contributed by atoms with E-state index in [-0.39, 0.29) is 5.54 Å². The van der Waals surface area contributed by atoms with Gasteiger partial charge in [-0.15, -0.1) is 0 Å². The first kappa shape index (κ1) is 16.7. The lowest BCUT2D eigenvalue weighted by Gasteiger charge is -2.20. The zero-order chi connectivity index (χ0) is 15.0. The number of aromatic nitrogens is 1. The van der Waals surface area contributed by atoms with Gasteiger partial charge in [0, 0.05) is 30.7 Å². The SMILES string of the molecule is CC.CC(C)(C)NCCc1cccc(C2=CCCN2)n1. The van der Waals surface area contributed by atoms with Crippen molar-refractivity contribution < 1.29 is 0 Å². The summed E-state index contributed by atoms with van der Waals surface area (Å²) >= 11 is 0. The molecule has 0 spiro atoms. The Balaban J connectivity index is 0.000000956. The van der Waals surface area contributed by atoms with Gasteiger partial charge in [-0.3, -0.25) is 4.98 Å². The molecule has 0 saturated carbocycles. The third kappa shape index (κ3) is 5.74. The minimum atomic E-state index is 0.174. The van der Waals surface area contributed by atoms with Crippen LogP contribution < -0.4 is 10.6 Å². The normalized spacial score (nSPS) is 14.2. The van der Waals surface area contributed by atoms with E-state index >= 15 is 0 Å². The van der Waals surface area contributed by atoms with Crippen LogP contribution in [0, 0.1) is 0 Å². The van der Waals surface area contributed by atoms with Crippen molar-refractivity contribution in [1.29, 1.82) is 0 Å². The number of hydrogen-bond acceptors (Lipinski definition) is 3. The molecule has 0 atom stereocenters. The van der Waals surface area contributed by atoms with Crippen LogP contribution >= 0.6 is 0 Å². The van der Waals surface area contributed by atoms with Crippen LogP contribution in [0.4, 0.5) is 0 Å². The molecular weight excluding hydrogens is 246 g/mol. The van der Waals surface area contributed by atoms with Crippen molar-refractivity contribution in [1.82, 2.24) is 15.6 Å². The molecule has 1 aromatic heterocycles. The summed E-state index contributed by atoms with van der Waals surface area (Å²) in [7, 11) is 0. The fraction of sp³-hybridized carbons (Fsp3) is 0.588. The van der Waals surface area contributed by atoms with Crippen molar-refractivity contribution in [2.75, 3.05) is 13.1 Å². The van der Waals surface area contributed by atoms with Crippen molar-refractivity contribution in [2.24, 2.45) is 0 Å². The van der Waals surface area contributed by atoms with Crippen LogP contribution in [0.5, 0.6) is 0 Å². The van der Waals surface area contributed by atoms with Crippen LogP contribution in [0.15, 0.2) is 24.3 Å². The molecule has 0 unspecified atom stereocenters. The molecular formula is C17H29N3. The molecule has 112 valence electrons. The summed E-state index contributed by atoms with van der Waals surface area (Å²) in [6.45, 7) is 12.6. The summed E-state index contributed by atoms with van der Waals surface area (Å²) in [5, 5.41) is 6.85. The highest BCUT2D eigenvalue weighted by Crippen LogP contribution is 2.14. The molecule has 3 heteroatoms. The summed E-state index contributed by atoms with van der Waals surface area (Å²) < 4.78 is 0. The number of pyridine rings is 1. The van der Waals surface area contributed by atoms with Gasteiger partial charge in [0.2, 0.25) is 0 Å². The summed E-state index contributed by atoms with van der Waals surface area (Å²) in [5.41, 5.74) is 3.58. The van der Waals surface area contributed by atoms with E-state index in [0.717, 1.165) is 37.3 Å². The maximum Gasteiger partial charge on any atom is 0.0860 e. The second-order valence-electron chi connectivity index (χ2n) is 5.77. The Morgan fingerprint density at radius 1 is 1.25 bits per heavy atom. The van der Waals surface area contributed by atoms with Crippen molar-refractivity contribution in [3.8, 4) is 0 Å². The molecule has 0 aliphatic carbocycles. The van der Waals surface area contributed by atoms with Gasteiger partial charge in [-0.1, -0.05) is 26.0 Å². The zero-order valence-electron chi connectivity index (χ0n) is 13.6. The minimum absolute atomic E-state index is 0.174. The average molecular weight is 275 g/mol. The molecule has 1 aliphatic heterocycles. The van der Waals surface area contributed by atoms with Gasteiger partial charge >= 0.3 is 0 Å². The van der Waals surface area contributed by atoms with E-state index in [1.807, 2.05) is 13.8 Å². The van der Waals surface area contributed by atoms with E-state index in [4.69, 9.17) is 4.98 Å². The highest BCUT2D eigenvalue weighted by Gasteiger charge is 2.10.